The Kier molecular flexibility index (Phi) is 4.95. The minimum Gasteiger partial charge on any atom is -0.378 e. The third-order valence-electron chi connectivity index (χ3n) is 3.95. The zero-order chi connectivity index (χ0) is 17.8. The predicted molar refractivity (Wildman–Crippen MR) is 96.9 cm³/mol. The molecule has 1 aliphatic rings. The van der Waals surface area contributed by atoms with Crippen LogP contribution in [0.5, 0.6) is 0 Å². The molecule has 0 saturated heterocycles. The van der Waals surface area contributed by atoms with E-state index < -0.39 is 0 Å². The molecule has 1 amide bonds. The maximum atomic E-state index is 13.2. The van der Waals surface area contributed by atoms with Gasteiger partial charge in [0.25, 0.3) is 5.91 Å². The monoisotopic (exact) mass is 341 g/mol. The summed E-state index contributed by atoms with van der Waals surface area (Å²) in [5.74, 6) is -0.561. The Morgan fingerprint density at radius 2 is 1.72 bits per heavy atom. The van der Waals surface area contributed by atoms with Crippen LogP contribution in [-0.2, 0) is 11.3 Å². The molecule has 0 atom stereocenters. The summed E-state index contributed by atoms with van der Waals surface area (Å²) in [4.78, 5) is 16.4. The maximum absolute atomic E-state index is 13.2. The number of hydrazine groups is 1. The molecular weight excluding hydrogens is 321 g/mol. The molecule has 2 aromatic rings. The summed E-state index contributed by atoms with van der Waals surface area (Å²) in [5.41, 5.74) is 8.42. The maximum Gasteiger partial charge on any atom is 0.276 e. The zero-order valence-electron chi connectivity index (χ0n) is 14.2. The number of benzene rings is 2. The average molecular weight is 341 g/mol. The fourth-order valence-corrected chi connectivity index (χ4v) is 2.53. The molecule has 0 spiro atoms. The summed E-state index contributed by atoms with van der Waals surface area (Å²) in [6.45, 7) is 0.716. The number of halogens is 1. The molecular formula is C18H20FN5O. The lowest BCUT2D eigenvalue weighted by Gasteiger charge is -2.23. The molecule has 0 bridgehead atoms. The van der Waals surface area contributed by atoms with Gasteiger partial charge >= 0.3 is 0 Å². The molecule has 25 heavy (non-hydrogen) atoms. The van der Waals surface area contributed by atoms with E-state index in [1.54, 1.807) is 17.0 Å². The standard InChI is InChI=1S/C18H20FN5O/c1-23(2)15-7-3-13(4-8-15)12-24(16-9-5-14(19)6-10-16)18(25)17-11-20-22-21-17/h3-10,20,22H,11-12H2,1-2H3. The van der Waals surface area contributed by atoms with Crippen LogP contribution >= 0.6 is 0 Å². The minimum atomic E-state index is -0.340. The Morgan fingerprint density at radius 3 is 2.28 bits per heavy atom. The van der Waals surface area contributed by atoms with Gasteiger partial charge in [0.1, 0.15) is 11.5 Å². The zero-order valence-corrected chi connectivity index (χ0v) is 14.2. The van der Waals surface area contributed by atoms with Crippen molar-refractivity contribution in [3.05, 3.63) is 59.9 Å². The number of carbonyl (C=O) groups is 1. The van der Waals surface area contributed by atoms with Crippen molar-refractivity contribution in [2.45, 2.75) is 6.54 Å². The molecule has 1 heterocycles. The molecule has 7 heteroatoms. The second kappa shape index (κ2) is 7.31. The first-order valence-corrected chi connectivity index (χ1v) is 7.93. The van der Waals surface area contributed by atoms with Crippen molar-refractivity contribution in [2.75, 3.05) is 30.4 Å². The molecule has 3 rings (SSSR count). The Balaban J connectivity index is 1.87. The summed E-state index contributed by atoms with van der Waals surface area (Å²) in [6, 6.07) is 13.8. The van der Waals surface area contributed by atoms with Gasteiger partial charge in [-0.2, -0.15) is 5.10 Å². The number of carbonyl (C=O) groups excluding carboxylic acids is 1. The summed E-state index contributed by atoms with van der Waals surface area (Å²) in [5, 5.41) is 3.96. The molecule has 2 aromatic carbocycles. The summed E-state index contributed by atoms with van der Waals surface area (Å²) in [7, 11) is 3.95. The smallest absolute Gasteiger partial charge is 0.276 e. The van der Waals surface area contributed by atoms with Crippen molar-refractivity contribution >= 4 is 23.0 Å². The lowest BCUT2D eigenvalue weighted by Crippen LogP contribution is -2.38. The van der Waals surface area contributed by atoms with Crippen LogP contribution in [0.3, 0.4) is 0 Å². The van der Waals surface area contributed by atoms with Crippen LogP contribution in [0, 0.1) is 5.82 Å². The number of hydrogen-bond acceptors (Lipinski definition) is 5. The van der Waals surface area contributed by atoms with Gasteiger partial charge in [-0.05, 0) is 42.0 Å². The lowest BCUT2D eigenvalue weighted by molar-refractivity contribution is -0.112. The van der Waals surface area contributed by atoms with Gasteiger partial charge in [-0.3, -0.25) is 4.79 Å². The summed E-state index contributed by atoms with van der Waals surface area (Å²) >= 11 is 0. The van der Waals surface area contributed by atoms with Gasteiger partial charge in [-0.1, -0.05) is 12.1 Å². The van der Waals surface area contributed by atoms with Crippen LogP contribution in [0.1, 0.15) is 5.56 Å². The molecule has 0 saturated carbocycles. The number of anilines is 2. The molecule has 130 valence electrons. The van der Waals surface area contributed by atoms with Crippen molar-refractivity contribution in [2.24, 2.45) is 5.10 Å². The Hall–Kier alpha value is -2.93. The Labute approximate surface area is 145 Å². The van der Waals surface area contributed by atoms with E-state index in [-0.39, 0.29) is 11.7 Å². The van der Waals surface area contributed by atoms with Gasteiger partial charge in [0.2, 0.25) is 0 Å². The first kappa shape index (κ1) is 16.9. The Bertz CT molecular complexity index is 771. The first-order chi connectivity index (χ1) is 12.0. The summed E-state index contributed by atoms with van der Waals surface area (Å²) in [6.07, 6.45) is 0. The van der Waals surface area contributed by atoms with E-state index in [1.165, 1.54) is 12.1 Å². The van der Waals surface area contributed by atoms with Crippen molar-refractivity contribution < 1.29 is 9.18 Å². The highest BCUT2D eigenvalue weighted by atomic mass is 19.1. The number of amides is 1. The molecule has 1 aliphatic heterocycles. The topological polar surface area (TPSA) is 60.0 Å². The molecule has 2 N–H and O–H groups in total. The largest absolute Gasteiger partial charge is 0.378 e. The molecule has 0 aromatic heterocycles. The van der Waals surface area contributed by atoms with E-state index in [1.807, 2.05) is 43.3 Å². The average Bonchev–Trinajstić information content (AvgIpc) is 3.15. The highest BCUT2D eigenvalue weighted by molar-refractivity contribution is 6.44. The van der Waals surface area contributed by atoms with Crippen LogP contribution in [0.4, 0.5) is 15.8 Å². The SMILES string of the molecule is CN(C)c1ccc(CN(C(=O)C2=NNNC2)c2ccc(F)cc2)cc1. The molecule has 0 radical (unpaired) electrons. The lowest BCUT2D eigenvalue weighted by atomic mass is 10.1. The van der Waals surface area contributed by atoms with Crippen molar-refractivity contribution in [1.29, 1.82) is 0 Å². The van der Waals surface area contributed by atoms with Gasteiger partial charge in [0.15, 0.2) is 0 Å². The fourth-order valence-electron chi connectivity index (χ4n) is 2.53. The second-order valence-corrected chi connectivity index (χ2v) is 5.95. The van der Waals surface area contributed by atoms with Gasteiger partial charge in [-0.15, -0.1) is 0 Å². The van der Waals surface area contributed by atoms with E-state index in [2.05, 4.69) is 16.1 Å². The molecule has 0 unspecified atom stereocenters. The van der Waals surface area contributed by atoms with E-state index in [0.29, 0.717) is 24.5 Å². The second-order valence-electron chi connectivity index (χ2n) is 5.95. The highest BCUT2D eigenvalue weighted by Crippen LogP contribution is 2.20. The molecule has 6 nitrogen and oxygen atoms in total. The summed E-state index contributed by atoms with van der Waals surface area (Å²) < 4.78 is 13.2. The van der Waals surface area contributed by atoms with E-state index in [4.69, 9.17) is 0 Å². The van der Waals surface area contributed by atoms with Crippen LogP contribution in [0.2, 0.25) is 0 Å². The minimum absolute atomic E-state index is 0.221. The van der Waals surface area contributed by atoms with E-state index >= 15 is 0 Å². The number of nitrogens with one attached hydrogen (secondary N) is 2. The molecule has 0 aliphatic carbocycles. The van der Waals surface area contributed by atoms with Crippen LogP contribution < -0.4 is 20.8 Å². The predicted octanol–water partition coefficient (Wildman–Crippen LogP) is 1.89. The Morgan fingerprint density at radius 1 is 1.08 bits per heavy atom. The van der Waals surface area contributed by atoms with Crippen molar-refractivity contribution in [3.8, 4) is 0 Å². The fraction of sp³-hybridized carbons (Fsp3) is 0.222. The van der Waals surface area contributed by atoms with Crippen LogP contribution in [0.15, 0.2) is 53.6 Å². The number of hydrogen-bond donors (Lipinski definition) is 2. The van der Waals surface area contributed by atoms with Gasteiger partial charge in [0, 0.05) is 25.5 Å². The van der Waals surface area contributed by atoms with Gasteiger partial charge in [-0.25, -0.2) is 15.4 Å². The highest BCUT2D eigenvalue weighted by Gasteiger charge is 2.24. The number of rotatable bonds is 5. The van der Waals surface area contributed by atoms with E-state index in [0.717, 1.165) is 11.3 Å². The quantitative estimate of drug-likeness (QED) is 0.872. The number of nitrogens with zero attached hydrogens (tertiary/aromatic N) is 3. The van der Waals surface area contributed by atoms with Gasteiger partial charge < -0.3 is 9.80 Å². The number of hydrazone groups is 1. The van der Waals surface area contributed by atoms with Gasteiger partial charge in [0.05, 0.1) is 13.1 Å². The van der Waals surface area contributed by atoms with Crippen LogP contribution in [-0.4, -0.2) is 32.3 Å². The molecule has 0 fully saturated rings. The van der Waals surface area contributed by atoms with Crippen molar-refractivity contribution in [3.63, 3.8) is 0 Å². The third kappa shape index (κ3) is 3.95. The van der Waals surface area contributed by atoms with E-state index in [9.17, 15) is 9.18 Å². The first-order valence-electron chi connectivity index (χ1n) is 7.93. The van der Waals surface area contributed by atoms with Crippen molar-refractivity contribution in [1.82, 2.24) is 11.0 Å². The normalized spacial score (nSPS) is 13.2. The van der Waals surface area contributed by atoms with Crippen LogP contribution in [0.25, 0.3) is 0 Å². The third-order valence-corrected chi connectivity index (χ3v) is 3.95.